The Balaban J connectivity index is 2.21. The van der Waals surface area contributed by atoms with Crippen molar-refractivity contribution < 1.29 is 13.7 Å². The Bertz CT molecular complexity index is 405. The molecule has 2 heterocycles. The Morgan fingerprint density at radius 3 is 2.86 bits per heavy atom. The van der Waals surface area contributed by atoms with E-state index in [0.29, 0.717) is 5.88 Å². The molecule has 0 aliphatic heterocycles. The van der Waals surface area contributed by atoms with E-state index in [9.17, 15) is 4.79 Å². The standard InChI is InChI=1S/C9H8N2O3/c1-11(8-3-2-5-13-8)9(12)7-4-6-14-10-7/h2-6H,1H3. The largest absolute Gasteiger partial charge is 0.448 e. The van der Waals surface area contributed by atoms with Crippen LogP contribution in [0.15, 0.2) is 39.7 Å². The molecule has 0 saturated carbocycles. The van der Waals surface area contributed by atoms with Gasteiger partial charge in [-0.2, -0.15) is 0 Å². The molecule has 5 heteroatoms. The van der Waals surface area contributed by atoms with E-state index in [4.69, 9.17) is 4.42 Å². The zero-order chi connectivity index (χ0) is 9.97. The highest BCUT2D eigenvalue weighted by Gasteiger charge is 2.17. The third-order valence-corrected chi connectivity index (χ3v) is 1.80. The Morgan fingerprint density at radius 1 is 1.43 bits per heavy atom. The highest BCUT2D eigenvalue weighted by atomic mass is 16.5. The van der Waals surface area contributed by atoms with E-state index in [1.54, 1.807) is 19.2 Å². The zero-order valence-electron chi connectivity index (χ0n) is 7.51. The molecule has 0 radical (unpaired) electrons. The SMILES string of the molecule is CN(C(=O)c1ccon1)c1ccco1. The number of carbonyl (C=O) groups is 1. The quantitative estimate of drug-likeness (QED) is 0.724. The molecule has 72 valence electrons. The Morgan fingerprint density at radius 2 is 2.29 bits per heavy atom. The van der Waals surface area contributed by atoms with Crippen LogP contribution in [0.1, 0.15) is 10.5 Å². The molecule has 2 rings (SSSR count). The van der Waals surface area contributed by atoms with Gasteiger partial charge >= 0.3 is 0 Å². The van der Waals surface area contributed by atoms with Crippen molar-refractivity contribution in [2.24, 2.45) is 0 Å². The fourth-order valence-electron chi connectivity index (χ4n) is 1.06. The summed E-state index contributed by atoms with van der Waals surface area (Å²) in [5, 5.41) is 3.54. The first-order valence-electron chi connectivity index (χ1n) is 4.01. The molecule has 5 nitrogen and oxygen atoms in total. The summed E-state index contributed by atoms with van der Waals surface area (Å²) in [7, 11) is 1.61. The lowest BCUT2D eigenvalue weighted by Crippen LogP contribution is -2.25. The van der Waals surface area contributed by atoms with Gasteiger partial charge in [-0.25, -0.2) is 0 Å². The molecule has 0 aliphatic rings. The summed E-state index contributed by atoms with van der Waals surface area (Å²) in [6.45, 7) is 0. The first-order valence-corrected chi connectivity index (χ1v) is 4.01. The Kier molecular flexibility index (Phi) is 2.06. The minimum absolute atomic E-state index is 0.254. The number of nitrogens with zero attached hydrogens (tertiary/aromatic N) is 2. The van der Waals surface area contributed by atoms with Crippen molar-refractivity contribution >= 4 is 11.8 Å². The topological polar surface area (TPSA) is 59.5 Å². The van der Waals surface area contributed by atoms with Crippen molar-refractivity contribution in [3.63, 3.8) is 0 Å². The van der Waals surface area contributed by atoms with Gasteiger partial charge in [0, 0.05) is 19.2 Å². The number of anilines is 1. The van der Waals surface area contributed by atoms with Gasteiger partial charge in [0.1, 0.15) is 6.26 Å². The lowest BCUT2D eigenvalue weighted by Gasteiger charge is -2.10. The summed E-state index contributed by atoms with van der Waals surface area (Å²) < 4.78 is 9.64. The van der Waals surface area contributed by atoms with Crippen LogP contribution >= 0.6 is 0 Å². The molecule has 0 saturated heterocycles. The molecule has 2 aromatic heterocycles. The van der Waals surface area contributed by atoms with Crippen LogP contribution in [0, 0.1) is 0 Å². The van der Waals surface area contributed by atoms with E-state index in [0.717, 1.165) is 0 Å². The average Bonchev–Trinajstić information content (AvgIpc) is 2.87. The summed E-state index contributed by atoms with van der Waals surface area (Å²) in [6, 6.07) is 4.90. The lowest BCUT2D eigenvalue weighted by molar-refractivity contribution is 0.0980. The molecule has 14 heavy (non-hydrogen) atoms. The Hall–Kier alpha value is -2.04. The molecule has 0 fully saturated rings. The second-order valence-electron chi connectivity index (χ2n) is 2.70. The molecular formula is C9H8N2O3. The smallest absolute Gasteiger partial charge is 0.282 e. The monoisotopic (exact) mass is 192 g/mol. The number of rotatable bonds is 2. The van der Waals surface area contributed by atoms with Gasteiger partial charge in [0.25, 0.3) is 5.91 Å². The first kappa shape index (κ1) is 8.55. The number of hydrogen-bond acceptors (Lipinski definition) is 4. The van der Waals surface area contributed by atoms with Gasteiger partial charge in [-0.05, 0) is 6.07 Å². The van der Waals surface area contributed by atoms with Crippen molar-refractivity contribution in [1.82, 2.24) is 5.16 Å². The Labute approximate surface area is 79.9 Å². The molecular weight excluding hydrogens is 184 g/mol. The molecule has 2 aromatic rings. The maximum atomic E-state index is 11.6. The molecule has 1 amide bonds. The van der Waals surface area contributed by atoms with Gasteiger partial charge in [0.2, 0.25) is 5.88 Å². The fraction of sp³-hybridized carbons (Fsp3) is 0.111. The molecule has 0 aromatic carbocycles. The second-order valence-corrected chi connectivity index (χ2v) is 2.70. The van der Waals surface area contributed by atoms with Gasteiger partial charge < -0.3 is 8.94 Å². The average molecular weight is 192 g/mol. The third kappa shape index (κ3) is 1.39. The van der Waals surface area contributed by atoms with Gasteiger partial charge in [-0.1, -0.05) is 5.16 Å². The highest BCUT2D eigenvalue weighted by molar-refractivity contribution is 6.03. The van der Waals surface area contributed by atoms with Crippen molar-refractivity contribution in [2.75, 3.05) is 11.9 Å². The normalized spacial score (nSPS) is 10.1. The van der Waals surface area contributed by atoms with Gasteiger partial charge in [0.05, 0.1) is 6.26 Å². The summed E-state index contributed by atoms with van der Waals surface area (Å²) in [6.07, 6.45) is 2.85. The van der Waals surface area contributed by atoms with E-state index in [-0.39, 0.29) is 11.6 Å². The predicted octanol–water partition coefficient (Wildman–Crippen LogP) is 1.54. The van der Waals surface area contributed by atoms with Crippen molar-refractivity contribution in [2.45, 2.75) is 0 Å². The van der Waals surface area contributed by atoms with Crippen molar-refractivity contribution in [3.05, 3.63) is 36.4 Å². The molecule has 0 spiro atoms. The molecule has 0 aliphatic carbocycles. The minimum atomic E-state index is -0.270. The zero-order valence-corrected chi connectivity index (χ0v) is 7.51. The van der Waals surface area contributed by atoms with Crippen LogP contribution in [0.3, 0.4) is 0 Å². The van der Waals surface area contributed by atoms with Crippen molar-refractivity contribution in [1.29, 1.82) is 0 Å². The number of furan rings is 1. The third-order valence-electron chi connectivity index (χ3n) is 1.80. The van der Waals surface area contributed by atoms with Crippen LogP contribution in [-0.2, 0) is 0 Å². The summed E-state index contributed by atoms with van der Waals surface area (Å²) >= 11 is 0. The van der Waals surface area contributed by atoms with Gasteiger partial charge in [-0.15, -0.1) is 0 Å². The number of carbonyl (C=O) groups excluding carboxylic acids is 1. The molecule has 0 atom stereocenters. The van der Waals surface area contributed by atoms with Crippen LogP contribution in [0.5, 0.6) is 0 Å². The maximum Gasteiger partial charge on any atom is 0.282 e. The van der Waals surface area contributed by atoms with E-state index in [2.05, 4.69) is 9.68 Å². The van der Waals surface area contributed by atoms with Crippen LogP contribution < -0.4 is 4.90 Å². The molecule has 0 N–H and O–H groups in total. The van der Waals surface area contributed by atoms with Crippen molar-refractivity contribution in [3.8, 4) is 0 Å². The van der Waals surface area contributed by atoms with E-state index in [1.807, 2.05) is 0 Å². The molecule has 0 unspecified atom stereocenters. The maximum absolute atomic E-state index is 11.6. The number of aromatic nitrogens is 1. The van der Waals surface area contributed by atoms with E-state index < -0.39 is 0 Å². The van der Waals surface area contributed by atoms with Gasteiger partial charge in [-0.3, -0.25) is 9.69 Å². The molecule has 0 bridgehead atoms. The second kappa shape index (κ2) is 3.37. The predicted molar refractivity (Wildman–Crippen MR) is 47.9 cm³/mol. The van der Waals surface area contributed by atoms with Gasteiger partial charge in [0.15, 0.2) is 5.69 Å². The number of hydrogen-bond donors (Lipinski definition) is 0. The summed E-state index contributed by atoms with van der Waals surface area (Å²) in [5.41, 5.74) is 0.254. The highest BCUT2D eigenvalue weighted by Crippen LogP contribution is 2.14. The lowest BCUT2D eigenvalue weighted by atomic mass is 10.4. The summed E-state index contributed by atoms with van der Waals surface area (Å²) in [4.78, 5) is 13.0. The van der Waals surface area contributed by atoms with Crippen LogP contribution in [-0.4, -0.2) is 18.1 Å². The first-order chi connectivity index (χ1) is 6.79. The van der Waals surface area contributed by atoms with E-state index >= 15 is 0 Å². The van der Waals surface area contributed by atoms with Crippen LogP contribution in [0.4, 0.5) is 5.88 Å². The fourth-order valence-corrected chi connectivity index (χ4v) is 1.06. The van der Waals surface area contributed by atoms with Crippen LogP contribution in [0.25, 0.3) is 0 Å². The van der Waals surface area contributed by atoms with Crippen LogP contribution in [0.2, 0.25) is 0 Å². The van der Waals surface area contributed by atoms with E-state index in [1.165, 1.54) is 23.5 Å². The summed E-state index contributed by atoms with van der Waals surface area (Å²) in [5.74, 6) is 0.201. The minimum Gasteiger partial charge on any atom is -0.448 e. The number of amides is 1.